The van der Waals surface area contributed by atoms with Crippen LogP contribution in [-0.4, -0.2) is 21.7 Å². The van der Waals surface area contributed by atoms with Gasteiger partial charge >= 0.3 is 0 Å². The number of anilines is 1. The second kappa shape index (κ2) is 5.05. The highest BCUT2D eigenvalue weighted by atomic mass is 32.1. The molecular formula is C16H18N4OS. The molecule has 3 aromatic heterocycles. The van der Waals surface area contributed by atoms with Crippen LogP contribution >= 0.6 is 11.3 Å². The molecule has 3 aromatic rings. The van der Waals surface area contributed by atoms with Crippen molar-refractivity contribution in [2.45, 2.75) is 39.7 Å². The van der Waals surface area contributed by atoms with Gasteiger partial charge in [-0.3, -0.25) is 0 Å². The summed E-state index contributed by atoms with van der Waals surface area (Å²) in [6.07, 6.45) is 3.90. The van der Waals surface area contributed by atoms with Gasteiger partial charge in [0, 0.05) is 17.5 Å². The lowest BCUT2D eigenvalue weighted by Gasteiger charge is -2.24. The summed E-state index contributed by atoms with van der Waals surface area (Å²) in [5.41, 5.74) is 2.30. The Labute approximate surface area is 133 Å². The van der Waals surface area contributed by atoms with Gasteiger partial charge in [0.2, 0.25) is 0 Å². The van der Waals surface area contributed by atoms with Crippen molar-refractivity contribution in [3.8, 4) is 0 Å². The normalized spacial score (nSPS) is 18.5. The van der Waals surface area contributed by atoms with Crippen molar-refractivity contribution >= 4 is 27.4 Å². The summed E-state index contributed by atoms with van der Waals surface area (Å²) in [7, 11) is 0. The Kier molecular flexibility index (Phi) is 3.14. The van der Waals surface area contributed by atoms with Crippen LogP contribution < -0.4 is 4.90 Å². The molecule has 5 nitrogen and oxygen atoms in total. The van der Waals surface area contributed by atoms with Crippen LogP contribution in [-0.2, 0) is 0 Å². The number of hydrogen-bond acceptors (Lipinski definition) is 6. The number of aromatic nitrogens is 3. The van der Waals surface area contributed by atoms with Crippen LogP contribution in [0.2, 0.25) is 0 Å². The minimum atomic E-state index is 0.246. The standard InChI is InChI=1S/C16H18N4OS/c1-9-7-12(19-21-9)13-5-4-6-20(13)15-14-10(2)11(3)22-16(14)18-8-17-15/h7-8,13H,4-6H2,1-3H3. The Bertz CT molecular complexity index is 838. The van der Waals surface area contributed by atoms with Crippen LogP contribution in [0, 0.1) is 20.8 Å². The zero-order chi connectivity index (χ0) is 15.3. The molecular weight excluding hydrogens is 296 g/mol. The fourth-order valence-electron chi connectivity index (χ4n) is 3.25. The molecule has 4 rings (SSSR count). The quantitative estimate of drug-likeness (QED) is 0.717. The average Bonchev–Trinajstić information content (AvgIpc) is 3.19. The van der Waals surface area contributed by atoms with Gasteiger partial charge in [0.25, 0.3) is 0 Å². The van der Waals surface area contributed by atoms with E-state index in [1.165, 1.54) is 15.8 Å². The minimum absolute atomic E-state index is 0.246. The SMILES string of the molecule is Cc1cc(C2CCCN2c2ncnc3sc(C)c(C)c23)no1. The van der Waals surface area contributed by atoms with Crippen molar-refractivity contribution in [2.24, 2.45) is 0 Å². The maximum atomic E-state index is 5.27. The number of rotatable bonds is 2. The second-order valence-electron chi connectivity index (χ2n) is 5.87. The van der Waals surface area contributed by atoms with Gasteiger partial charge in [0.05, 0.1) is 11.4 Å². The third kappa shape index (κ3) is 2.01. The monoisotopic (exact) mass is 314 g/mol. The van der Waals surface area contributed by atoms with E-state index in [1.807, 2.05) is 13.0 Å². The zero-order valence-corrected chi connectivity index (χ0v) is 13.8. The first-order chi connectivity index (χ1) is 10.6. The Morgan fingerprint density at radius 1 is 1.27 bits per heavy atom. The smallest absolute Gasteiger partial charge is 0.141 e. The van der Waals surface area contributed by atoms with Gasteiger partial charge in [-0.15, -0.1) is 11.3 Å². The lowest BCUT2D eigenvalue weighted by molar-refractivity contribution is 0.385. The van der Waals surface area contributed by atoms with E-state index in [2.05, 4.69) is 33.9 Å². The molecule has 1 atom stereocenters. The van der Waals surface area contributed by atoms with E-state index in [9.17, 15) is 0 Å². The lowest BCUT2D eigenvalue weighted by Crippen LogP contribution is -2.24. The first-order valence-electron chi connectivity index (χ1n) is 7.55. The molecule has 0 bridgehead atoms. The molecule has 1 aliphatic heterocycles. The van der Waals surface area contributed by atoms with Crippen LogP contribution in [0.15, 0.2) is 16.9 Å². The number of nitrogens with zero attached hydrogens (tertiary/aromatic N) is 4. The minimum Gasteiger partial charge on any atom is -0.361 e. The molecule has 6 heteroatoms. The molecule has 0 aliphatic carbocycles. The molecule has 0 spiro atoms. The van der Waals surface area contributed by atoms with Gasteiger partial charge < -0.3 is 9.42 Å². The third-order valence-corrected chi connectivity index (χ3v) is 5.57. The molecule has 22 heavy (non-hydrogen) atoms. The van der Waals surface area contributed by atoms with Gasteiger partial charge in [-0.2, -0.15) is 0 Å². The Morgan fingerprint density at radius 3 is 2.91 bits per heavy atom. The molecule has 0 saturated carbocycles. The predicted molar refractivity (Wildman–Crippen MR) is 87.5 cm³/mol. The highest BCUT2D eigenvalue weighted by Crippen LogP contribution is 2.40. The summed E-state index contributed by atoms with van der Waals surface area (Å²) < 4.78 is 5.27. The van der Waals surface area contributed by atoms with E-state index in [0.29, 0.717) is 0 Å². The molecule has 1 fully saturated rings. The largest absolute Gasteiger partial charge is 0.361 e. The van der Waals surface area contributed by atoms with Gasteiger partial charge in [-0.1, -0.05) is 5.16 Å². The van der Waals surface area contributed by atoms with E-state index in [4.69, 9.17) is 4.52 Å². The summed E-state index contributed by atoms with van der Waals surface area (Å²) in [5.74, 6) is 1.90. The lowest BCUT2D eigenvalue weighted by atomic mass is 10.1. The van der Waals surface area contributed by atoms with Crippen molar-refractivity contribution in [1.82, 2.24) is 15.1 Å². The second-order valence-corrected chi connectivity index (χ2v) is 7.08. The summed E-state index contributed by atoms with van der Waals surface area (Å²) in [4.78, 5) is 13.8. The Balaban J connectivity index is 1.84. The van der Waals surface area contributed by atoms with Crippen LogP contribution in [0.5, 0.6) is 0 Å². The Morgan fingerprint density at radius 2 is 2.14 bits per heavy atom. The van der Waals surface area contributed by atoms with E-state index in [1.54, 1.807) is 17.7 Å². The summed E-state index contributed by atoms with van der Waals surface area (Å²) >= 11 is 1.74. The van der Waals surface area contributed by atoms with Gasteiger partial charge in [0.15, 0.2) is 0 Å². The van der Waals surface area contributed by atoms with Crippen molar-refractivity contribution in [3.05, 3.63) is 34.3 Å². The van der Waals surface area contributed by atoms with E-state index < -0.39 is 0 Å². The van der Waals surface area contributed by atoms with Crippen LogP contribution in [0.1, 0.15) is 40.8 Å². The number of thiophene rings is 1. The topological polar surface area (TPSA) is 55.1 Å². The van der Waals surface area contributed by atoms with E-state index in [0.717, 1.165) is 41.5 Å². The molecule has 114 valence electrons. The summed E-state index contributed by atoms with van der Waals surface area (Å²) in [5, 5.41) is 5.42. The third-order valence-electron chi connectivity index (χ3n) is 4.46. The van der Waals surface area contributed by atoms with Crippen molar-refractivity contribution < 1.29 is 4.52 Å². The summed E-state index contributed by atoms with van der Waals surface area (Å²) in [6, 6.07) is 2.28. The Hall–Kier alpha value is -1.95. The maximum Gasteiger partial charge on any atom is 0.141 e. The molecule has 4 heterocycles. The average molecular weight is 314 g/mol. The van der Waals surface area contributed by atoms with E-state index in [-0.39, 0.29) is 6.04 Å². The van der Waals surface area contributed by atoms with E-state index >= 15 is 0 Å². The molecule has 0 N–H and O–H groups in total. The molecule has 1 saturated heterocycles. The molecule has 0 radical (unpaired) electrons. The highest BCUT2D eigenvalue weighted by molar-refractivity contribution is 7.18. The maximum absolute atomic E-state index is 5.27. The molecule has 0 amide bonds. The number of aryl methyl sites for hydroxylation is 3. The first kappa shape index (κ1) is 13.7. The summed E-state index contributed by atoms with van der Waals surface area (Å²) in [6.45, 7) is 7.24. The van der Waals surface area contributed by atoms with Gasteiger partial charge in [-0.25, -0.2) is 9.97 Å². The highest BCUT2D eigenvalue weighted by Gasteiger charge is 2.31. The van der Waals surface area contributed by atoms with Gasteiger partial charge in [0.1, 0.15) is 28.4 Å². The fourth-order valence-corrected chi connectivity index (χ4v) is 4.24. The molecule has 0 aromatic carbocycles. The first-order valence-corrected chi connectivity index (χ1v) is 8.37. The van der Waals surface area contributed by atoms with Crippen molar-refractivity contribution in [2.75, 3.05) is 11.4 Å². The van der Waals surface area contributed by atoms with Crippen LogP contribution in [0.3, 0.4) is 0 Å². The van der Waals surface area contributed by atoms with Crippen molar-refractivity contribution in [3.63, 3.8) is 0 Å². The molecule has 1 aliphatic rings. The number of fused-ring (bicyclic) bond motifs is 1. The predicted octanol–water partition coefficient (Wildman–Crippen LogP) is 3.95. The van der Waals surface area contributed by atoms with Crippen LogP contribution in [0.4, 0.5) is 5.82 Å². The molecule has 1 unspecified atom stereocenters. The number of hydrogen-bond donors (Lipinski definition) is 0. The van der Waals surface area contributed by atoms with Crippen LogP contribution in [0.25, 0.3) is 10.2 Å². The fraction of sp³-hybridized carbons (Fsp3) is 0.438. The van der Waals surface area contributed by atoms with Crippen molar-refractivity contribution in [1.29, 1.82) is 0 Å². The zero-order valence-electron chi connectivity index (χ0n) is 13.0. The van der Waals surface area contributed by atoms with Gasteiger partial charge in [-0.05, 0) is 39.2 Å².